The van der Waals surface area contributed by atoms with E-state index in [1.807, 2.05) is 68.1 Å². The van der Waals surface area contributed by atoms with Crippen LogP contribution in [-0.2, 0) is 12.8 Å². The largest absolute Gasteiger partial charge is 0.508 e. The first-order chi connectivity index (χ1) is 16.3. The van der Waals surface area contributed by atoms with Crippen molar-refractivity contribution in [3.05, 3.63) is 83.8 Å². The molecule has 174 valence electrons. The highest BCUT2D eigenvalue weighted by Gasteiger charge is 2.24. The fourth-order valence-corrected chi connectivity index (χ4v) is 4.62. The zero-order valence-electron chi connectivity index (χ0n) is 19.3. The lowest BCUT2D eigenvalue weighted by Crippen LogP contribution is -2.35. The Hall–Kier alpha value is -3.78. The summed E-state index contributed by atoms with van der Waals surface area (Å²) in [5.41, 5.74) is 3.54. The van der Waals surface area contributed by atoms with Gasteiger partial charge in [-0.25, -0.2) is 0 Å². The lowest BCUT2D eigenvalue weighted by atomic mass is 9.98. The number of anilines is 1. The highest BCUT2D eigenvalue weighted by Crippen LogP contribution is 2.35. The quantitative estimate of drug-likeness (QED) is 0.216. The van der Waals surface area contributed by atoms with E-state index in [-0.39, 0.29) is 34.0 Å². The zero-order valence-corrected chi connectivity index (χ0v) is 20.1. The highest BCUT2D eigenvalue weighted by molar-refractivity contribution is 8.13. The second-order valence-corrected chi connectivity index (χ2v) is 9.36. The Morgan fingerprint density at radius 1 is 1.09 bits per heavy atom. The number of aromatic nitrogens is 2. The second-order valence-electron chi connectivity index (χ2n) is 8.39. The third kappa shape index (κ3) is 4.63. The first-order valence-electron chi connectivity index (χ1n) is 10.9. The maximum Gasteiger partial charge on any atom is 0.167 e. The van der Waals surface area contributed by atoms with Crippen LogP contribution in [0, 0.1) is 10.8 Å². The molecule has 0 aliphatic carbocycles. The number of hydrogen-bond acceptors (Lipinski definition) is 6. The van der Waals surface area contributed by atoms with Gasteiger partial charge in [0.25, 0.3) is 0 Å². The summed E-state index contributed by atoms with van der Waals surface area (Å²) in [6, 6.07) is 14.4. The molecule has 0 bridgehead atoms. The van der Waals surface area contributed by atoms with E-state index in [0.29, 0.717) is 17.0 Å². The number of thioether (sulfide) groups is 1. The standard InChI is InChI=1S/C26H27N5O2S/c1-16(2)20-12-21(24(33)13-23(20)32)25(27)31(26(28)34-15-17-5-4-9-29-14-17)19-6-7-22-18(11-19)8-10-30(22)3/h4-14,16,27-28,32-33H,15H2,1-3H3. The molecular weight excluding hydrogens is 446 g/mol. The van der Waals surface area contributed by atoms with Gasteiger partial charge in [-0.2, -0.15) is 0 Å². The summed E-state index contributed by atoms with van der Waals surface area (Å²) < 4.78 is 2.01. The summed E-state index contributed by atoms with van der Waals surface area (Å²) in [5.74, 6) is 0.257. The number of pyridine rings is 1. The number of aromatic hydroxyl groups is 2. The van der Waals surface area contributed by atoms with E-state index in [2.05, 4.69) is 4.98 Å². The van der Waals surface area contributed by atoms with Crippen LogP contribution in [0.5, 0.6) is 11.5 Å². The summed E-state index contributed by atoms with van der Waals surface area (Å²) in [6.45, 7) is 3.87. The molecule has 0 saturated carbocycles. The average Bonchev–Trinajstić information content (AvgIpc) is 3.18. The first-order valence-corrected chi connectivity index (χ1v) is 11.8. The molecular formula is C26H27N5O2S. The molecule has 0 saturated heterocycles. The SMILES string of the molecule is CC(C)c1cc(C(=N)N(C(=N)SCc2cccnc2)c2ccc3c(ccn3C)c2)c(O)cc1O. The van der Waals surface area contributed by atoms with Crippen LogP contribution in [0.4, 0.5) is 5.69 Å². The minimum atomic E-state index is -0.206. The van der Waals surface area contributed by atoms with E-state index >= 15 is 0 Å². The summed E-state index contributed by atoms with van der Waals surface area (Å²) in [4.78, 5) is 5.65. The van der Waals surface area contributed by atoms with Gasteiger partial charge in [0, 0.05) is 48.4 Å². The van der Waals surface area contributed by atoms with Gasteiger partial charge in [-0.1, -0.05) is 31.7 Å². The number of hydrogen-bond donors (Lipinski definition) is 4. The number of phenolic OH excluding ortho intramolecular Hbond substituents is 2. The summed E-state index contributed by atoms with van der Waals surface area (Å²) in [6.07, 6.45) is 5.43. The fourth-order valence-electron chi connectivity index (χ4n) is 3.82. The first kappa shape index (κ1) is 23.4. The molecule has 0 amide bonds. The third-order valence-corrected chi connectivity index (χ3v) is 6.61. The number of benzene rings is 2. The topological polar surface area (TPSA) is 109 Å². The number of nitrogens with zero attached hydrogens (tertiary/aromatic N) is 3. The lowest BCUT2D eigenvalue weighted by molar-refractivity contribution is 0.443. The van der Waals surface area contributed by atoms with Crippen molar-refractivity contribution >= 4 is 39.4 Å². The van der Waals surface area contributed by atoms with Crippen LogP contribution in [0.1, 0.15) is 36.5 Å². The van der Waals surface area contributed by atoms with E-state index in [1.54, 1.807) is 18.5 Å². The Labute approximate surface area is 202 Å². The molecule has 2 aromatic carbocycles. The lowest BCUT2D eigenvalue weighted by Gasteiger charge is -2.26. The Morgan fingerprint density at radius 3 is 2.59 bits per heavy atom. The van der Waals surface area contributed by atoms with E-state index < -0.39 is 0 Å². The Bertz CT molecular complexity index is 1360. The molecule has 0 unspecified atom stereocenters. The average molecular weight is 474 g/mol. The zero-order chi connectivity index (χ0) is 24.4. The van der Waals surface area contributed by atoms with Crippen molar-refractivity contribution in [3.63, 3.8) is 0 Å². The van der Waals surface area contributed by atoms with E-state index in [4.69, 9.17) is 10.8 Å². The molecule has 0 aliphatic rings. The van der Waals surface area contributed by atoms with Gasteiger partial charge in [0.1, 0.15) is 17.3 Å². The molecule has 0 fully saturated rings. The minimum absolute atomic E-state index is 0.000626. The van der Waals surface area contributed by atoms with E-state index in [9.17, 15) is 10.2 Å². The molecule has 4 N–H and O–H groups in total. The number of phenols is 2. The Balaban J connectivity index is 1.75. The van der Waals surface area contributed by atoms with Crippen molar-refractivity contribution in [2.45, 2.75) is 25.5 Å². The molecule has 0 aliphatic heterocycles. The summed E-state index contributed by atoms with van der Waals surface area (Å²) >= 11 is 1.28. The molecule has 2 aromatic heterocycles. The summed E-state index contributed by atoms with van der Waals surface area (Å²) in [5, 5.41) is 39.9. The van der Waals surface area contributed by atoms with Crippen LogP contribution in [0.3, 0.4) is 0 Å². The molecule has 34 heavy (non-hydrogen) atoms. The van der Waals surface area contributed by atoms with Crippen LogP contribution >= 0.6 is 11.8 Å². The molecule has 0 spiro atoms. The van der Waals surface area contributed by atoms with Crippen molar-refractivity contribution < 1.29 is 10.2 Å². The molecule has 4 aromatic rings. The van der Waals surface area contributed by atoms with E-state index in [1.165, 1.54) is 22.7 Å². The van der Waals surface area contributed by atoms with Crippen molar-refractivity contribution in [1.82, 2.24) is 9.55 Å². The van der Waals surface area contributed by atoms with Crippen molar-refractivity contribution in [3.8, 4) is 11.5 Å². The van der Waals surface area contributed by atoms with Gasteiger partial charge in [0.15, 0.2) is 5.17 Å². The predicted octanol–water partition coefficient (Wildman–Crippen LogP) is 5.81. The molecule has 8 heteroatoms. The maximum absolute atomic E-state index is 10.6. The Kier molecular flexibility index (Phi) is 6.61. The number of nitrogens with one attached hydrogen (secondary N) is 2. The smallest absolute Gasteiger partial charge is 0.167 e. The molecule has 0 atom stereocenters. The second kappa shape index (κ2) is 9.61. The van der Waals surface area contributed by atoms with Gasteiger partial charge in [-0.3, -0.25) is 20.7 Å². The van der Waals surface area contributed by atoms with E-state index in [0.717, 1.165) is 16.5 Å². The molecule has 7 nitrogen and oxygen atoms in total. The number of rotatable bonds is 5. The third-order valence-electron chi connectivity index (χ3n) is 5.67. The number of aryl methyl sites for hydroxylation is 1. The molecule has 4 rings (SSSR count). The van der Waals surface area contributed by atoms with Crippen LogP contribution in [0.2, 0.25) is 0 Å². The highest BCUT2D eigenvalue weighted by atomic mass is 32.2. The maximum atomic E-state index is 10.6. The number of fused-ring (bicyclic) bond motifs is 1. The van der Waals surface area contributed by atoms with Gasteiger partial charge in [-0.15, -0.1) is 0 Å². The monoisotopic (exact) mass is 473 g/mol. The van der Waals surface area contributed by atoms with Gasteiger partial charge in [0.2, 0.25) is 0 Å². The normalized spacial score (nSPS) is 11.2. The number of amidine groups is 2. The van der Waals surface area contributed by atoms with Crippen molar-refractivity contribution in [1.29, 1.82) is 10.8 Å². The van der Waals surface area contributed by atoms with Gasteiger partial charge in [0.05, 0.1) is 11.3 Å². The van der Waals surface area contributed by atoms with Crippen LogP contribution in [0.25, 0.3) is 10.9 Å². The predicted molar refractivity (Wildman–Crippen MR) is 139 cm³/mol. The molecule has 0 radical (unpaired) electrons. The van der Waals surface area contributed by atoms with Gasteiger partial charge in [-0.05, 0) is 53.4 Å². The summed E-state index contributed by atoms with van der Waals surface area (Å²) in [7, 11) is 1.97. The fraction of sp³-hybridized carbons (Fsp3) is 0.192. The van der Waals surface area contributed by atoms with Crippen molar-refractivity contribution in [2.75, 3.05) is 4.90 Å². The van der Waals surface area contributed by atoms with Gasteiger partial charge < -0.3 is 14.8 Å². The van der Waals surface area contributed by atoms with Crippen LogP contribution < -0.4 is 4.90 Å². The van der Waals surface area contributed by atoms with Gasteiger partial charge >= 0.3 is 0 Å². The van der Waals surface area contributed by atoms with Crippen molar-refractivity contribution in [2.24, 2.45) is 7.05 Å². The van der Waals surface area contributed by atoms with Crippen LogP contribution in [0.15, 0.2) is 67.1 Å². The molecule has 2 heterocycles. The Morgan fingerprint density at radius 2 is 1.88 bits per heavy atom. The minimum Gasteiger partial charge on any atom is -0.508 e. The van der Waals surface area contributed by atoms with Crippen LogP contribution in [-0.4, -0.2) is 30.8 Å².